The highest BCUT2D eigenvalue weighted by atomic mass is 16.2. The van der Waals surface area contributed by atoms with E-state index in [0.29, 0.717) is 5.71 Å². The molecule has 0 bridgehead atoms. The minimum absolute atomic E-state index is 0.0981. The zero-order valence-corrected chi connectivity index (χ0v) is 10.6. The molecule has 1 atom stereocenters. The lowest BCUT2D eigenvalue weighted by atomic mass is 9.91. The molecule has 2 aromatic rings. The first kappa shape index (κ1) is 11.1. The number of carbonyl (C=O) groups is 1. The van der Waals surface area contributed by atoms with E-state index in [4.69, 9.17) is 0 Å². The number of hydrogen-bond donors (Lipinski definition) is 1. The largest absolute Gasteiger partial charge is 0.346 e. The molecule has 2 amide bonds. The first-order valence-corrected chi connectivity index (χ1v) is 6.45. The fourth-order valence-corrected chi connectivity index (χ4v) is 2.65. The summed E-state index contributed by atoms with van der Waals surface area (Å²) in [5.41, 5.74) is 3.62. The molecule has 0 radical (unpaired) electrons. The topological polar surface area (TPSA) is 54.4 Å². The minimum atomic E-state index is -0.299. The van der Waals surface area contributed by atoms with Crippen LogP contribution in [0, 0.1) is 0 Å². The van der Waals surface area contributed by atoms with Crippen LogP contribution in [0.1, 0.15) is 11.5 Å². The maximum absolute atomic E-state index is 11.3. The summed E-state index contributed by atoms with van der Waals surface area (Å²) < 4.78 is 0. The van der Waals surface area contributed by atoms with Crippen molar-refractivity contribution in [1.82, 2.24) is 10.3 Å². The Balaban J connectivity index is 1.84. The molecule has 1 aliphatic heterocycles. The quantitative estimate of drug-likeness (QED) is 0.858. The first-order chi connectivity index (χ1) is 9.81. The van der Waals surface area contributed by atoms with Crippen LogP contribution in [0.2, 0.25) is 0 Å². The van der Waals surface area contributed by atoms with E-state index in [-0.39, 0.29) is 11.9 Å². The van der Waals surface area contributed by atoms with Crippen LogP contribution in [0.15, 0.2) is 65.4 Å². The first-order valence-electron chi connectivity index (χ1n) is 6.45. The fraction of sp³-hybridized carbons (Fsp3) is 0.0625. The van der Waals surface area contributed by atoms with Crippen molar-refractivity contribution in [3.05, 3.63) is 66.0 Å². The third-order valence-corrected chi connectivity index (χ3v) is 3.57. The number of pyridine rings is 1. The number of benzene rings is 1. The number of aliphatic imine (C=N–C) groups is 1. The van der Waals surface area contributed by atoms with Crippen LogP contribution in [0.4, 0.5) is 4.79 Å². The van der Waals surface area contributed by atoms with Crippen molar-refractivity contribution in [1.29, 1.82) is 0 Å². The molecule has 2 aliphatic rings. The van der Waals surface area contributed by atoms with Gasteiger partial charge in [-0.2, -0.15) is 4.99 Å². The maximum Gasteiger partial charge on any atom is 0.346 e. The van der Waals surface area contributed by atoms with Gasteiger partial charge in [-0.3, -0.25) is 4.98 Å². The monoisotopic (exact) mass is 261 g/mol. The Morgan fingerprint density at radius 2 is 2.05 bits per heavy atom. The van der Waals surface area contributed by atoms with Gasteiger partial charge in [0.1, 0.15) is 0 Å². The van der Waals surface area contributed by atoms with Gasteiger partial charge in [-0.1, -0.05) is 30.3 Å². The molecular weight excluding hydrogens is 250 g/mol. The van der Waals surface area contributed by atoms with E-state index in [2.05, 4.69) is 33.5 Å². The SMILES string of the molecule is O=C1N=C2C=CC(c3cccc4cccnc34)C=C2N1. The third-order valence-electron chi connectivity index (χ3n) is 3.57. The van der Waals surface area contributed by atoms with E-state index in [1.165, 1.54) is 0 Å². The molecule has 4 nitrogen and oxygen atoms in total. The summed E-state index contributed by atoms with van der Waals surface area (Å²) in [6, 6.07) is 9.84. The molecule has 2 heterocycles. The Labute approximate surface area is 115 Å². The molecule has 4 rings (SSSR count). The number of carbonyl (C=O) groups excluding carboxylic acids is 1. The van der Waals surface area contributed by atoms with Gasteiger partial charge >= 0.3 is 6.03 Å². The average molecular weight is 261 g/mol. The van der Waals surface area contributed by atoms with Crippen molar-refractivity contribution in [2.24, 2.45) is 4.99 Å². The Morgan fingerprint density at radius 1 is 1.15 bits per heavy atom. The summed E-state index contributed by atoms with van der Waals surface area (Å²) in [5, 5.41) is 3.87. The maximum atomic E-state index is 11.3. The molecule has 1 aromatic heterocycles. The van der Waals surface area contributed by atoms with Crippen LogP contribution in [-0.4, -0.2) is 16.7 Å². The Bertz CT molecular complexity index is 812. The van der Waals surface area contributed by atoms with Crippen molar-refractivity contribution >= 4 is 22.6 Å². The van der Waals surface area contributed by atoms with Crippen molar-refractivity contribution in [2.45, 2.75) is 5.92 Å². The molecule has 0 saturated carbocycles. The number of nitrogens with one attached hydrogen (secondary N) is 1. The zero-order chi connectivity index (χ0) is 13.5. The van der Waals surface area contributed by atoms with Crippen LogP contribution in [-0.2, 0) is 0 Å². The lowest BCUT2D eigenvalue weighted by molar-refractivity contribution is 0.253. The summed E-state index contributed by atoms with van der Waals surface area (Å²) in [6.45, 7) is 0. The molecule has 1 aromatic carbocycles. The number of aromatic nitrogens is 1. The van der Waals surface area contributed by atoms with Crippen molar-refractivity contribution in [3.8, 4) is 0 Å². The third kappa shape index (κ3) is 1.66. The van der Waals surface area contributed by atoms with E-state index in [9.17, 15) is 4.79 Å². The predicted molar refractivity (Wildman–Crippen MR) is 77.7 cm³/mol. The second-order valence-corrected chi connectivity index (χ2v) is 4.81. The van der Waals surface area contributed by atoms with Crippen molar-refractivity contribution in [3.63, 3.8) is 0 Å². The molecule has 1 unspecified atom stereocenters. The van der Waals surface area contributed by atoms with E-state index in [0.717, 1.165) is 22.2 Å². The number of rotatable bonds is 1. The molecule has 0 saturated heterocycles. The van der Waals surface area contributed by atoms with E-state index < -0.39 is 0 Å². The molecule has 4 heteroatoms. The van der Waals surface area contributed by atoms with Crippen molar-refractivity contribution in [2.75, 3.05) is 0 Å². The second-order valence-electron chi connectivity index (χ2n) is 4.81. The van der Waals surface area contributed by atoms with Gasteiger partial charge in [-0.25, -0.2) is 4.79 Å². The van der Waals surface area contributed by atoms with Crippen molar-refractivity contribution < 1.29 is 4.79 Å². The summed E-state index contributed by atoms with van der Waals surface area (Å²) in [5.74, 6) is 0.0981. The van der Waals surface area contributed by atoms with Gasteiger partial charge < -0.3 is 5.32 Å². The van der Waals surface area contributed by atoms with Crippen LogP contribution < -0.4 is 5.32 Å². The van der Waals surface area contributed by atoms with Crippen LogP contribution in [0.25, 0.3) is 10.9 Å². The number of amides is 2. The minimum Gasteiger partial charge on any atom is -0.304 e. The summed E-state index contributed by atoms with van der Waals surface area (Å²) in [4.78, 5) is 19.7. The van der Waals surface area contributed by atoms with Gasteiger partial charge in [0.05, 0.1) is 16.9 Å². The molecule has 96 valence electrons. The highest BCUT2D eigenvalue weighted by molar-refractivity contribution is 6.19. The summed E-state index contributed by atoms with van der Waals surface area (Å²) in [6.07, 6.45) is 7.76. The molecule has 0 spiro atoms. The number of fused-ring (bicyclic) bond motifs is 2. The molecule has 1 aliphatic carbocycles. The van der Waals surface area contributed by atoms with E-state index >= 15 is 0 Å². The highest BCUT2D eigenvalue weighted by Gasteiger charge is 2.23. The van der Waals surface area contributed by atoms with Gasteiger partial charge in [0.2, 0.25) is 0 Å². The average Bonchev–Trinajstić information content (AvgIpc) is 2.85. The summed E-state index contributed by atoms with van der Waals surface area (Å²) in [7, 11) is 0. The van der Waals surface area contributed by atoms with Crippen LogP contribution in [0.5, 0.6) is 0 Å². The normalized spacial score (nSPS) is 20.4. The molecule has 1 N–H and O–H groups in total. The van der Waals surface area contributed by atoms with Crippen LogP contribution in [0.3, 0.4) is 0 Å². The van der Waals surface area contributed by atoms with Crippen LogP contribution >= 0.6 is 0 Å². The van der Waals surface area contributed by atoms with Gasteiger partial charge in [0, 0.05) is 17.5 Å². The van der Waals surface area contributed by atoms with Gasteiger partial charge in [-0.05, 0) is 23.8 Å². The van der Waals surface area contributed by atoms with Gasteiger partial charge in [0.25, 0.3) is 0 Å². The lowest BCUT2D eigenvalue weighted by Crippen LogP contribution is -2.17. The second kappa shape index (κ2) is 4.13. The highest BCUT2D eigenvalue weighted by Crippen LogP contribution is 2.30. The summed E-state index contributed by atoms with van der Waals surface area (Å²) >= 11 is 0. The number of allylic oxidation sites excluding steroid dienone is 3. The lowest BCUT2D eigenvalue weighted by Gasteiger charge is -2.16. The molecule has 0 fully saturated rings. The predicted octanol–water partition coefficient (Wildman–Crippen LogP) is 2.94. The van der Waals surface area contributed by atoms with Gasteiger partial charge in [0.15, 0.2) is 0 Å². The zero-order valence-electron chi connectivity index (χ0n) is 10.6. The van der Waals surface area contributed by atoms with E-state index in [1.807, 2.05) is 30.4 Å². The molecular formula is C16H11N3O. The number of urea groups is 1. The smallest absolute Gasteiger partial charge is 0.304 e. The molecule has 20 heavy (non-hydrogen) atoms. The number of para-hydroxylation sites is 1. The van der Waals surface area contributed by atoms with Gasteiger partial charge in [-0.15, -0.1) is 0 Å². The number of nitrogens with zero attached hydrogens (tertiary/aromatic N) is 2. The Hall–Kier alpha value is -2.75. The fourth-order valence-electron chi connectivity index (χ4n) is 2.65. The Kier molecular flexibility index (Phi) is 2.29. The van der Waals surface area contributed by atoms with E-state index in [1.54, 1.807) is 6.20 Å². The Morgan fingerprint density at radius 3 is 3.00 bits per heavy atom. The number of hydrogen-bond acceptors (Lipinski definition) is 2. The standard InChI is InChI=1S/C16H11N3O/c20-16-18-13-7-6-11(9-14(13)19-16)12-5-1-3-10-4-2-8-17-15(10)12/h1-9,11H,(H,19,20).